The third-order valence-electron chi connectivity index (χ3n) is 4.03. The van der Waals surface area contributed by atoms with Gasteiger partial charge in [0.25, 0.3) is 5.91 Å². The molecule has 1 N–H and O–H groups in total. The van der Waals surface area contributed by atoms with Crippen LogP contribution >= 0.6 is 0 Å². The fourth-order valence-corrected chi connectivity index (χ4v) is 2.81. The van der Waals surface area contributed by atoms with Gasteiger partial charge in [-0.15, -0.1) is 0 Å². The summed E-state index contributed by atoms with van der Waals surface area (Å²) >= 11 is 0. The number of pyridine rings is 1. The number of carbonyl (C=O) groups is 1. The van der Waals surface area contributed by atoms with Crippen LogP contribution in [0.1, 0.15) is 5.56 Å². The molecule has 0 radical (unpaired) electrons. The number of morpholine rings is 1. The van der Waals surface area contributed by atoms with Gasteiger partial charge in [0.05, 0.1) is 13.7 Å². The summed E-state index contributed by atoms with van der Waals surface area (Å²) in [6.45, 7) is 2.43. The van der Waals surface area contributed by atoms with Crippen molar-refractivity contribution >= 4 is 16.8 Å². The Hall–Kier alpha value is -2.18. The highest BCUT2D eigenvalue weighted by Crippen LogP contribution is 2.27. The molecule has 6 heteroatoms. The quantitative estimate of drug-likeness (QED) is 0.918. The van der Waals surface area contributed by atoms with Crippen molar-refractivity contribution in [3.63, 3.8) is 0 Å². The molecule has 2 heterocycles. The Labute approximate surface area is 135 Å². The molecule has 1 amide bonds. The van der Waals surface area contributed by atoms with Gasteiger partial charge in [0, 0.05) is 38.3 Å². The van der Waals surface area contributed by atoms with Crippen LogP contribution in [0.15, 0.2) is 30.5 Å². The van der Waals surface area contributed by atoms with Gasteiger partial charge in [0.2, 0.25) is 0 Å². The summed E-state index contributed by atoms with van der Waals surface area (Å²) in [5.74, 6) is 0.725. The number of nitrogens with one attached hydrogen (secondary N) is 1. The van der Waals surface area contributed by atoms with Gasteiger partial charge in [0.1, 0.15) is 17.4 Å². The second-order valence-electron chi connectivity index (χ2n) is 5.58. The van der Waals surface area contributed by atoms with Crippen molar-refractivity contribution in [3.8, 4) is 5.75 Å². The van der Waals surface area contributed by atoms with Crippen molar-refractivity contribution in [3.05, 3.63) is 36.0 Å². The number of ether oxygens (including phenoxy) is 2. The van der Waals surface area contributed by atoms with Gasteiger partial charge >= 0.3 is 0 Å². The number of benzene rings is 1. The van der Waals surface area contributed by atoms with Crippen LogP contribution in [0.2, 0.25) is 0 Å². The van der Waals surface area contributed by atoms with Crippen molar-refractivity contribution in [2.75, 3.05) is 33.9 Å². The normalized spacial score (nSPS) is 17.9. The second kappa shape index (κ2) is 6.93. The van der Waals surface area contributed by atoms with Crippen LogP contribution in [0.3, 0.4) is 0 Å². The van der Waals surface area contributed by atoms with E-state index in [-0.39, 0.29) is 5.91 Å². The molecule has 23 heavy (non-hydrogen) atoms. The Morgan fingerprint density at radius 2 is 2.35 bits per heavy atom. The Bertz CT molecular complexity index is 699. The van der Waals surface area contributed by atoms with Gasteiger partial charge in [-0.1, -0.05) is 12.1 Å². The maximum absolute atomic E-state index is 12.5. The standard InChI is InChI=1S/C17H21N3O3/c1-20(17(21)15-10-18-8-9-23-15)11-12-5-6-14(22-2)16-13(12)4-3-7-19-16/h3-7,15,18H,8-11H2,1-2H3/t15-/m0/s1. The van der Waals surface area contributed by atoms with Crippen molar-refractivity contribution in [2.45, 2.75) is 12.6 Å². The van der Waals surface area contributed by atoms with Crippen molar-refractivity contribution in [1.29, 1.82) is 0 Å². The number of hydrogen-bond acceptors (Lipinski definition) is 5. The molecular weight excluding hydrogens is 294 g/mol. The average molecular weight is 315 g/mol. The van der Waals surface area contributed by atoms with E-state index >= 15 is 0 Å². The van der Waals surface area contributed by atoms with E-state index in [1.165, 1.54) is 0 Å². The van der Waals surface area contributed by atoms with Crippen LogP contribution in [0.4, 0.5) is 0 Å². The van der Waals surface area contributed by atoms with Gasteiger partial charge in [-0.3, -0.25) is 9.78 Å². The van der Waals surface area contributed by atoms with Crippen molar-refractivity contribution in [1.82, 2.24) is 15.2 Å². The van der Waals surface area contributed by atoms with Gasteiger partial charge in [-0.2, -0.15) is 0 Å². The van der Waals surface area contributed by atoms with Crippen LogP contribution in [-0.4, -0.2) is 55.7 Å². The van der Waals surface area contributed by atoms with Crippen LogP contribution in [0.5, 0.6) is 5.75 Å². The van der Waals surface area contributed by atoms with E-state index in [2.05, 4.69) is 10.3 Å². The Morgan fingerprint density at radius 1 is 1.48 bits per heavy atom. The third kappa shape index (κ3) is 3.28. The van der Waals surface area contributed by atoms with Crippen LogP contribution in [0.25, 0.3) is 10.9 Å². The number of rotatable bonds is 4. The number of hydrogen-bond donors (Lipinski definition) is 1. The first-order valence-electron chi connectivity index (χ1n) is 7.68. The molecule has 122 valence electrons. The van der Waals surface area contributed by atoms with E-state index in [9.17, 15) is 4.79 Å². The first-order chi connectivity index (χ1) is 11.2. The summed E-state index contributed by atoms with van der Waals surface area (Å²) in [5.41, 5.74) is 1.84. The number of aromatic nitrogens is 1. The Kier molecular flexibility index (Phi) is 4.73. The predicted octanol–water partition coefficient (Wildman–Crippen LogP) is 1.19. The minimum atomic E-state index is -0.406. The molecule has 1 atom stereocenters. The fourth-order valence-electron chi connectivity index (χ4n) is 2.81. The van der Waals surface area contributed by atoms with Gasteiger partial charge in [0.15, 0.2) is 0 Å². The predicted molar refractivity (Wildman–Crippen MR) is 87.4 cm³/mol. The molecule has 1 aromatic carbocycles. The fraction of sp³-hybridized carbons (Fsp3) is 0.412. The lowest BCUT2D eigenvalue weighted by Gasteiger charge is -2.27. The average Bonchev–Trinajstić information content (AvgIpc) is 2.62. The molecule has 0 aliphatic carbocycles. The lowest BCUT2D eigenvalue weighted by atomic mass is 10.1. The summed E-state index contributed by atoms with van der Waals surface area (Å²) < 4.78 is 10.9. The summed E-state index contributed by atoms with van der Waals surface area (Å²) in [5, 5.41) is 4.17. The molecule has 0 bridgehead atoms. The van der Waals surface area contributed by atoms with E-state index in [4.69, 9.17) is 9.47 Å². The van der Waals surface area contributed by atoms with Crippen LogP contribution in [-0.2, 0) is 16.1 Å². The highest BCUT2D eigenvalue weighted by atomic mass is 16.5. The summed E-state index contributed by atoms with van der Waals surface area (Å²) in [4.78, 5) is 18.6. The van der Waals surface area contributed by atoms with E-state index in [1.54, 1.807) is 25.3 Å². The van der Waals surface area contributed by atoms with Crippen molar-refractivity contribution < 1.29 is 14.3 Å². The van der Waals surface area contributed by atoms with Gasteiger partial charge in [-0.25, -0.2) is 0 Å². The number of likely N-dealkylation sites (N-methyl/N-ethyl adjacent to an activating group) is 1. The van der Waals surface area contributed by atoms with Crippen LogP contribution in [0, 0.1) is 0 Å². The van der Waals surface area contributed by atoms with E-state index < -0.39 is 6.10 Å². The number of amides is 1. The monoisotopic (exact) mass is 315 g/mol. The zero-order valence-electron chi connectivity index (χ0n) is 13.4. The largest absolute Gasteiger partial charge is 0.494 e. The Morgan fingerprint density at radius 3 is 3.09 bits per heavy atom. The summed E-state index contributed by atoms with van der Waals surface area (Å²) in [6.07, 6.45) is 1.33. The molecule has 0 spiro atoms. The second-order valence-corrected chi connectivity index (χ2v) is 5.58. The lowest BCUT2D eigenvalue weighted by molar-refractivity contribution is -0.144. The molecule has 3 rings (SSSR count). The maximum Gasteiger partial charge on any atom is 0.253 e. The zero-order valence-corrected chi connectivity index (χ0v) is 13.4. The zero-order chi connectivity index (χ0) is 16.2. The molecule has 0 saturated carbocycles. The first kappa shape index (κ1) is 15.7. The number of carbonyl (C=O) groups excluding carboxylic acids is 1. The number of methoxy groups -OCH3 is 1. The maximum atomic E-state index is 12.5. The Balaban J connectivity index is 1.82. The molecule has 1 aliphatic heterocycles. The molecule has 0 unspecified atom stereocenters. The highest BCUT2D eigenvalue weighted by Gasteiger charge is 2.25. The molecule has 1 fully saturated rings. The smallest absolute Gasteiger partial charge is 0.253 e. The number of fused-ring (bicyclic) bond motifs is 1. The van der Waals surface area contributed by atoms with E-state index in [0.717, 1.165) is 28.8 Å². The van der Waals surface area contributed by atoms with E-state index in [0.29, 0.717) is 19.7 Å². The highest BCUT2D eigenvalue weighted by molar-refractivity contribution is 5.88. The summed E-state index contributed by atoms with van der Waals surface area (Å²) in [7, 11) is 3.43. The van der Waals surface area contributed by atoms with Crippen molar-refractivity contribution in [2.24, 2.45) is 0 Å². The van der Waals surface area contributed by atoms with Gasteiger partial charge < -0.3 is 19.7 Å². The first-order valence-corrected chi connectivity index (χ1v) is 7.68. The molecule has 6 nitrogen and oxygen atoms in total. The lowest BCUT2D eigenvalue weighted by Crippen LogP contribution is -2.48. The third-order valence-corrected chi connectivity index (χ3v) is 4.03. The molecular formula is C17H21N3O3. The minimum Gasteiger partial charge on any atom is -0.494 e. The van der Waals surface area contributed by atoms with E-state index in [1.807, 2.05) is 24.3 Å². The molecule has 1 aliphatic rings. The summed E-state index contributed by atoms with van der Waals surface area (Å²) in [6, 6.07) is 7.76. The minimum absolute atomic E-state index is 0.00921. The topological polar surface area (TPSA) is 63.7 Å². The van der Waals surface area contributed by atoms with Gasteiger partial charge in [-0.05, 0) is 17.7 Å². The molecule has 1 aromatic heterocycles. The van der Waals surface area contributed by atoms with Crippen LogP contribution < -0.4 is 10.1 Å². The molecule has 1 saturated heterocycles. The number of nitrogens with zero attached hydrogens (tertiary/aromatic N) is 2. The molecule has 2 aromatic rings. The SMILES string of the molecule is COc1ccc(CN(C)C(=O)[C@@H]2CNCCO2)c2cccnc12.